The van der Waals surface area contributed by atoms with Gasteiger partial charge in [-0.05, 0) is 62.4 Å². The van der Waals surface area contributed by atoms with Crippen molar-refractivity contribution in [3.8, 4) is 0 Å². The van der Waals surface area contributed by atoms with E-state index in [-0.39, 0.29) is 11.8 Å². The van der Waals surface area contributed by atoms with Gasteiger partial charge in [-0.3, -0.25) is 9.78 Å². The van der Waals surface area contributed by atoms with E-state index in [4.69, 9.17) is 4.74 Å². The van der Waals surface area contributed by atoms with Crippen LogP contribution in [-0.2, 0) is 11.2 Å². The number of rotatable bonds is 4. The van der Waals surface area contributed by atoms with Gasteiger partial charge in [0, 0.05) is 49.4 Å². The molecule has 1 aromatic carbocycles. The van der Waals surface area contributed by atoms with E-state index in [0.29, 0.717) is 37.9 Å². The van der Waals surface area contributed by atoms with Crippen molar-refractivity contribution in [2.75, 3.05) is 44.3 Å². The molecular weight excluding hydrogens is 414 g/mol. The minimum Gasteiger partial charge on any atom is -0.379 e. The van der Waals surface area contributed by atoms with Gasteiger partial charge < -0.3 is 14.5 Å². The van der Waals surface area contributed by atoms with Crippen molar-refractivity contribution in [3.05, 3.63) is 59.5 Å². The summed E-state index contributed by atoms with van der Waals surface area (Å²) in [5.41, 5.74) is 3.56. The largest absolute Gasteiger partial charge is 0.379 e. The van der Waals surface area contributed by atoms with Crippen LogP contribution in [0.1, 0.15) is 41.0 Å². The van der Waals surface area contributed by atoms with Gasteiger partial charge in [-0.1, -0.05) is 12.1 Å². The third-order valence-electron chi connectivity index (χ3n) is 6.52. The second-order valence-electron chi connectivity index (χ2n) is 9.17. The fourth-order valence-corrected chi connectivity index (χ4v) is 4.83. The van der Waals surface area contributed by atoms with Crippen molar-refractivity contribution in [2.24, 2.45) is 5.92 Å². The molecule has 0 saturated carbocycles. The monoisotopic (exact) mass is 445 g/mol. The standard InChI is InChI=1S/C26H31N5O2/c1-19-14-24(29-26(28-19)30-10-3-2-4-11-30)25(32)31-12-13-33-18-21(17-31)15-20-7-8-23-22(16-20)6-5-9-27-23/h5-9,14,16,21H,2-4,10-13,15,17-18H2,1H3/t21-/m1/s1. The number of carbonyl (C=O) groups is 1. The highest BCUT2D eigenvalue weighted by Gasteiger charge is 2.26. The zero-order chi connectivity index (χ0) is 22.6. The number of pyridine rings is 1. The van der Waals surface area contributed by atoms with Crippen LogP contribution in [0.4, 0.5) is 5.95 Å². The molecule has 0 unspecified atom stereocenters. The van der Waals surface area contributed by atoms with Gasteiger partial charge in [0.2, 0.25) is 5.95 Å². The number of anilines is 1. The van der Waals surface area contributed by atoms with Crippen molar-refractivity contribution >= 4 is 22.8 Å². The highest BCUT2D eigenvalue weighted by Crippen LogP contribution is 2.21. The Kier molecular flexibility index (Phi) is 6.48. The first-order valence-electron chi connectivity index (χ1n) is 12.0. The third kappa shape index (κ3) is 5.14. The maximum absolute atomic E-state index is 13.5. The summed E-state index contributed by atoms with van der Waals surface area (Å²) < 4.78 is 5.88. The molecule has 7 nitrogen and oxygen atoms in total. The molecule has 2 saturated heterocycles. The Balaban J connectivity index is 1.32. The van der Waals surface area contributed by atoms with Crippen LogP contribution in [-0.4, -0.2) is 65.2 Å². The number of carbonyl (C=O) groups excluding carboxylic acids is 1. The number of piperidine rings is 1. The zero-order valence-electron chi connectivity index (χ0n) is 19.2. The second-order valence-corrected chi connectivity index (χ2v) is 9.17. The minimum atomic E-state index is -0.0306. The Labute approximate surface area is 194 Å². The number of fused-ring (bicyclic) bond motifs is 1. The van der Waals surface area contributed by atoms with Crippen molar-refractivity contribution in [1.82, 2.24) is 19.9 Å². The van der Waals surface area contributed by atoms with Gasteiger partial charge >= 0.3 is 0 Å². The quantitative estimate of drug-likeness (QED) is 0.610. The van der Waals surface area contributed by atoms with Crippen molar-refractivity contribution in [3.63, 3.8) is 0 Å². The molecule has 0 bridgehead atoms. The van der Waals surface area contributed by atoms with Crippen LogP contribution in [0.5, 0.6) is 0 Å². The highest BCUT2D eigenvalue weighted by molar-refractivity contribution is 5.92. The maximum Gasteiger partial charge on any atom is 0.272 e. The molecule has 0 spiro atoms. The van der Waals surface area contributed by atoms with Crippen molar-refractivity contribution < 1.29 is 9.53 Å². The molecule has 2 aliphatic rings. The molecule has 3 aromatic rings. The van der Waals surface area contributed by atoms with E-state index in [0.717, 1.165) is 48.9 Å². The smallest absolute Gasteiger partial charge is 0.272 e. The van der Waals surface area contributed by atoms with E-state index >= 15 is 0 Å². The molecule has 0 aliphatic carbocycles. The SMILES string of the molecule is Cc1cc(C(=O)N2CCOC[C@H](Cc3ccc4ncccc4c3)C2)nc(N2CCCCC2)n1. The van der Waals surface area contributed by atoms with Gasteiger partial charge in [-0.15, -0.1) is 0 Å². The number of hydrogen-bond acceptors (Lipinski definition) is 6. The first-order chi connectivity index (χ1) is 16.2. The van der Waals surface area contributed by atoms with Gasteiger partial charge in [-0.2, -0.15) is 0 Å². The third-order valence-corrected chi connectivity index (χ3v) is 6.52. The zero-order valence-corrected chi connectivity index (χ0v) is 19.2. The average molecular weight is 446 g/mol. The number of amides is 1. The van der Waals surface area contributed by atoms with Crippen LogP contribution >= 0.6 is 0 Å². The molecular formula is C26H31N5O2. The lowest BCUT2D eigenvalue weighted by atomic mass is 9.98. The first-order valence-corrected chi connectivity index (χ1v) is 12.0. The summed E-state index contributed by atoms with van der Waals surface area (Å²) >= 11 is 0. The molecule has 4 heterocycles. The maximum atomic E-state index is 13.5. The molecule has 0 radical (unpaired) electrons. The van der Waals surface area contributed by atoms with E-state index in [2.05, 4.69) is 44.1 Å². The van der Waals surface area contributed by atoms with Crippen LogP contribution in [0.3, 0.4) is 0 Å². The van der Waals surface area contributed by atoms with E-state index in [1.807, 2.05) is 30.2 Å². The number of aromatic nitrogens is 3. The molecule has 0 N–H and O–H groups in total. The summed E-state index contributed by atoms with van der Waals surface area (Å²) in [5, 5.41) is 1.14. The summed E-state index contributed by atoms with van der Waals surface area (Å²) in [6, 6.07) is 12.2. The van der Waals surface area contributed by atoms with Crippen LogP contribution in [0.2, 0.25) is 0 Å². The lowest BCUT2D eigenvalue weighted by Crippen LogP contribution is -2.37. The molecule has 2 aliphatic heterocycles. The van der Waals surface area contributed by atoms with Crippen molar-refractivity contribution in [1.29, 1.82) is 0 Å². The van der Waals surface area contributed by atoms with Crippen LogP contribution in [0, 0.1) is 12.8 Å². The summed E-state index contributed by atoms with van der Waals surface area (Å²) in [6.07, 6.45) is 6.22. The Bertz CT molecular complexity index is 1130. The molecule has 2 aromatic heterocycles. The number of hydrogen-bond donors (Lipinski definition) is 0. The van der Waals surface area contributed by atoms with Crippen LogP contribution in [0.25, 0.3) is 10.9 Å². The van der Waals surface area contributed by atoms with Gasteiger partial charge in [-0.25, -0.2) is 9.97 Å². The predicted octanol–water partition coefficient (Wildman–Crippen LogP) is 3.65. The molecule has 5 rings (SSSR count). The number of nitrogens with zero attached hydrogens (tertiary/aromatic N) is 5. The number of benzene rings is 1. The Morgan fingerprint density at radius 2 is 1.97 bits per heavy atom. The van der Waals surface area contributed by atoms with Gasteiger partial charge in [0.25, 0.3) is 5.91 Å². The molecule has 33 heavy (non-hydrogen) atoms. The Morgan fingerprint density at radius 3 is 2.85 bits per heavy atom. The first kappa shape index (κ1) is 21.8. The van der Waals surface area contributed by atoms with Gasteiger partial charge in [0.15, 0.2) is 0 Å². The lowest BCUT2D eigenvalue weighted by Gasteiger charge is -2.28. The summed E-state index contributed by atoms with van der Waals surface area (Å²) in [5.74, 6) is 0.887. The molecule has 172 valence electrons. The fourth-order valence-electron chi connectivity index (χ4n) is 4.83. The normalized spacial score (nSPS) is 19.5. The predicted molar refractivity (Wildman–Crippen MR) is 128 cm³/mol. The van der Waals surface area contributed by atoms with E-state index in [1.165, 1.54) is 12.0 Å². The highest BCUT2D eigenvalue weighted by atomic mass is 16.5. The van der Waals surface area contributed by atoms with Gasteiger partial charge in [0.1, 0.15) is 5.69 Å². The molecule has 2 fully saturated rings. The molecule has 7 heteroatoms. The number of ether oxygens (including phenoxy) is 1. The Morgan fingerprint density at radius 1 is 1.09 bits per heavy atom. The van der Waals surface area contributed by atoms with Crippen LogP contribution in [0.15, 0.2) is 42.6 Å². The van der Waals surface area contributed by atoms with Crippen molar-refractivity contribution in [2.45, 2.75) is 32.6 Å². The molecule has 1 atom stereocenters. The second kappa shape index (κ2) is 9.83. The van der Waals surface area contributed by atoms with E-state index in [1.54, 1.807) is 0 Å². The number of aryl methyl sites for hydroxylation is 1. The summed E-state index contributed by atoms with van der Waals surface area (Å²) in [4.78, 5) is 31.3. The van der Waals surface area contributed by atoms with Crippen LogP contribution < -0.4 is 4.90 Å². The fraction of sp³-hybridized carbons (Fsp3) is 0.462. The average Bonchev–Trinajstić information content (AvgIpc) is 3.09. The molecule has 1 amide bonds. The summed E-state index contributed by atoms with van der Waals surface area (Å²) in [6.45, 7) is 6.29. The van der Waals surface area contributed by atoms with E-state index < -0.39 is 0 Å². The summed E-state index contributed by atoms with van der Waals surface area (Å²) in [7, 11) is 0. The lowest BCUT2D eigenvalue weighted by molar-refractivity contribution is 0.0731. The topological polar surface area (TPSA) is 71.5 Å². The Hall–Kier alpha value is -3.06. The van der Waals surface area contributed by atoms with E-state index in [9.17, 15) is 4.79 Å². The van der Waals surface area contributed by atoms with Gasteiger partial charge in [0.05, 0.1) is 18.7 Å². The minimum absolute atomic E-state index is 0.0306.